The number of hydrogen-bond donors (Lipinski definition) is 2. The van der Waals surface area contributed by atoms with Crippen LogP contribution in [0, 0.1) is 10.4 Å². The van der Waals surface area contributed by atoms with Gasteiger partial charge in [0.15, 0.2) is 5.82 Å². The fourth-order valence-corrected chi connectivity index (χ4v) is 3.78. The van der Waals surface area contributed by atoms with E-state index in [0.717, 1.165) is 27.8 Å². The molecule has 0 aromatic heterocycles. The highest BCUT2D eigenvalue weighted by molar-refractivity contribution is 8.14. The second kappa shape index (κ2) is 6.43. The number of allylic oxidation sites excluding steroid dienone is 5. The van der Waals surface area contributed by atoms with Crippen molar-refractivity contribution in [1.29, 1.82) is 0 Å². The molecule has 1 aliphatic carbocycles. The Balaban J connectivity index is 1.54. The zero-order valence-corrected chi connectivity index (χ0v) is 15.0. The quantitative estimate of drug-likeness (QED) is 0.608. The highest BCUT2D eigenvalue weighted by Gasteiger charge is 2.36. The lowest BCUT2D eigenvalue weighted by Gasteiger charge is -2.19. The minimum atomic E-state index is -0.407. The predicted octanol–water partition coefficient (Wildman–Crippen LogP) is 1.97. The Labute approximate surface area is 155 Å². The van der Waals surface area contributed by atoms with E-state index in [2.05, 4.69) is 45.1 Å². The molecule has 0 spiro atoms. The van der Waals surface area contributed by atoms with Crippen molar-refractivity contribution < 1.29 is 4.90 Å². The number of nitrogens with zero attached hydrogens (tertiary/aromatic N) is 4. The lowest BCUT2D eigenvalue weighted by atomic mass is 10.1. The molecule has 3 aliphatic rings. The number of amidine groups is 1. The van der Waals surface area contributed by atoms with Crippen molar-refractivity contribution >= 4 is 28.3 Å². The highest BCUT2D eigenvalue weighted by atomic mass is 32.2. The van der Waals surface area contributed by atoms with E-state index in [0.29, 0.717) is 0 Å². The van der Waals surface area contributed by atoms with Crippen LogP contribution in [-0.4, -0.2) is 34.9 Å². The van der Waals surface area contributed by atoms with Gasteiger partial charge in [0.05, 0.1) is 0 Å². The minimum Gasteiger partial charge on any atom is -0.612 e. The van der Waals surface area contributed by atoms with Gasteiger partial charge < -0.3 is 15.3 Å². The Kier molecular flexibility index (Phi) is 4.09. The molecule has 1 atom stereocenters. The maximum atomic E-state index is 10.8. The van der Waals surface area contributed by atoms with E-state index in [4.69, 9.17) is 0 Å². The molecule has 0 radical (unpaired) electrons. The van der Waals surface area contributed by atoms with Crippen LogP contribution in [0.25, 0.3) is 0 Å². The summed E-state index contributed by atoms with van der Waals surface area (Å²) in [5.74, 6) is 0.759. The molecule has 9 heteroatoms. The molecule has 0 bridgehead atoms. The largest absolute Gasteiger partial charge is 0.612 e. The summed E-state index contributed by atoms with van der Waals surface area (Å²) in [6.45, 7) is 0. The molecule has 1 aromatic carbocycles. The van der Waals surface area contributed by atoms with Crippen LogP contribution in [0.1, 0.15) is 10.9 Å². The van der Waals surface area contributed by atoms with Gasteiger partial charge in [0.2, 0.25) is 10.9 Å². The summed E-state index contributed by atoms with van der Waals surface area (Å²) >= 11 is 1.61. The normalized spacial score (nSPS) is 21.0. The number of anilines is 1. The van der Waals surface area contributed by atoms with Gasteiger partial charge in [-0.25, -0.2) is 10.4 Å². The van der Waals surface area contributed by atoms with Crippen molar-refractivity contribution in [3.05, 3.63) is 75.9 Å². The summed E-state index contributed by atoms with van der Waals surface area (Å²) in [4.78, 5) is 1.65. The number of thioether (sulfide) groups is 1. The van der Waals surface area contributed by atoms with Crippen molar-refractivity contribution in [3.63, 3.8) is 0 Å². The van der Waals surface area contributed by atoms with E-state index < -0.39 is 4.90 Å². The summed E-state index contributed by atoms with van der Waals surface area (Å²) in [6.07, 6.45) is 6.40. The Morgan fingerprint density at radius 3 is 2.42 bits per heavy atom. The molecule has 2 heterocycles. The lowest BCUT2D eigenvalue weighted by Crippen LogP contribution is -2.34. The Morgan fingerprint density at radius 1 is 1.12 bits per heavy atom. The van der Waals surface area contributed by atoms with Crippen LogP contribution < -0.4 is 15.8 Å². The maximum Gasteiger partial charge on any atom is 0.222 e. The Hall–Kier alpha value is -2.91. The summed E-state index contributed by atoms with van der Waals surface area (Å²) in [5.41, 5.74) is 9.60. The van der Waals surface area contributed by atoms with Gasteiger partial charge in [-0.2, -0.15) is 4.90 Å². The molecular formula is C17H17N6O2S-. The van der Waals surface area contributed by atoms with Gasteiger partial charge >= 0.3 is 0 Å². The second-order valence-corrected chi connectivity index (χ2v) is 7.18. The number of benzene rings is 1. The molecular weight excluding hydrogens is 352 g/mol. The fraction of sp³-hybridized carbons (Fsp3) is 0.176. The molecule has 0 saturated carbocycles. The third-order valence-electron chi connectivity index (χ3n) is 4.21. The molecule has 1 unspecified atom stereocenters. The van der Waals surface area contributed by atoms with Gasteiger partial charge in [-0.1, -0.05) is 23.9 Å². The van der Waals surface area contributed by atoms with E-state index in [1.807, 2.05) is 19.1 Å². The smallest absolute Gasteiger partial charge is 0.222 e. The van der Waals surface area contributed by atoms with Crippen LogP contribution in [0.2, 0.25) is 0 Å². The predicted molar refractivity (Wildman–Crippen MR) is 104 cm³/mol. The lowest BCUT2D eigenvalue weighted by molar-refractivity contribution is -0.377. The van der Waals surface area contributed by atoms with Crippen molar-refractivity contribution in [1.82, 2.24) is 15.9 Å². The molecule has 4 rings (SSSR count). The summed E-state index contributed by atoms with van der Waals surface area (Å²) < 4.78 is 0. The molecule has 0 amide bonds. The topological polar surface area (TPSA) is 92.0 Å². The van der Waals surface area contributed by atoms with E-state index in [9.17, 15) is 10.4 Å². The third-order valence-corrected chi connectivity index (χ3v) is 5.30. The number of rotatable bonds is 2. The van der Waals surface area contributed by atoms with Crippen molar-refractivity contribution in [3.8, 4) is 0 Å². The second-order valence-electron chi connectivity index (χ2n) is 6.11. The van der Waals surface area contributed by atoms with Crippen LogP contribution in [0.4, 0.5) is 5.69 Å². The van der Waals surface area contributed by atoms with E-state index >= 15 is 0 Å². The van der Waals surface area contributed by atoms with Crippen molar-refractivity contribution in [2.45, 2.75) is 5.37 Å². The third kappa shape index (κ3) is 2.91. The van der Waals surface area contributed by atoms with Crippen LogP contribution >= 0.6 is 11.8 Å². The van der Waals surface area contributed by atoms with Crippen molar-refractivity contribution in [2.24, 2.45) is 5.10 Å². The molecule has 8 nitrogen and oxygen atoms in total. The highest BCUT2D eigenvalue weighted by Crippen LogP contribution is 2.38. The minimum absolute atomic E-state index is 0.0557. The molecule has 26 heavy (non-hydrogen) atoms. The summed E-state index contributed by atoms with van der Waals surface area (Å²) in [7, 11) is 4.03. The van der Waals surface area contributed by atoms with Gasteiger partial charge in [-0.15, -0.1) is 5.10 Å². The molecule has 2 aliphatic heterocycles. The van der Waals surface area contributed by atoms with Crippen LogP contribution in [0.15, 0.2) is 65.1 Å². The maximum absolute atomic E-state index is 10.8. The number of fused-ring (bicyclic) bond motifs is 1. The number of hydrogen-bond acceptors (Lipinski definition) is 8. The van der Waals surface area contributed by atoms with Gasteiger partial charge in [-0.05, 0) is 29.8 Å². The fourth-order valence-electron chi connectivity index (χ4n) is 2.77. The zero-order valence-electron chi connectivity index (χ0n) is 14.2. The molecule has 1 fully saturated rings. The van der Waals surface area contributed by atoms with Gasteiger partial charge in [0, 0.05) is 37.5 Å². The number of hydrazine groups is 1. The Morgan fingerprint density at radius 2 is 1.81 bits per heavy atom. The van der Waals surface area contributed by atoms with Crippen LogP contribution in [0.3, 0.4) is 0 Å². The first-order chi connectivity index (χ1) is 12.5. The molecule has 2 N–H and O–H groups in total. The van der Waals surface area contributed by atoms with Gasteiger partial charge in [0.1, 0.15) is 5.37 Å². The first-order valence-corrected chi connectivity index (χ1v) is 8.86. The number of nitrogens with one attached hydrogen (secondary N) is 2. The van der Waals surface area contributed by atoms with Crippen LogP contribution in [-0.2, 0) is 0 Å². The monoisotopic (exact) mass is 369 g/mol. The van der Waals surface area contributed by atoms with E-state index in [1.54, 1.807) is 23.9 Å². The SMILES string of the molecule is CN(C)c1ccc(C2NN3C(=NNC3=C3C=CC(=[N+]([O-])[O-])C=C3)S2)cc1. The number of hydrazone groups is 1. The van der Waals surface area contributed by atoms with Crippen molar-refractivity contribution in [2.75, 3.05) is 19.0 Å². The summed E-state index contributed by atoms with van der Waals surface area (Å²) in [6, 6.07) is 8.37. The molecule has 1 aromatic rings. The molecule has 134 valence electrons. The molecule has 1 saturated heterocycles. The van der Waals surface area contributed by atoms with Gasteiger partial charge in [-0.3, -0.25) is 5.43 Å². The van der Waals surface area contributed by atoms with Gasteiger partial charge in [0.25, 0.3) is 0 Å². The van der Waals surface area contributed by atoms with E-state index in [1.165, 1.54) is 12.2 Å². The average molecular weight is 369 g/mol. The average Bonchev–Trinajstić information content (AvgIpc) is 3.22. The standard InChI is InChI=1S/C17H17N6O2S/c1-21(2)13-7-5-12(6-8-13)16-20-22-15(18-19-17(22)26-16)11-3-9-14(10-4-11)23(24)25/h3-10,16,18,20H,1-2H3/q-1. The Bertz CT molecular complexity index is 863. The zero-order chi connectivity index (χ0) is 18.3. The van der Waals surface area contributed by atoms with E-state index in [-0.39, 0.29) is 11.1 Å². The first-order valence-electron chi connectivity index (χ1n) is 7.98. The summed E-state index contributed by atoms with van der Waals surface area (Å²) in [5, 5.41) is 28.7. The first kappa shape index (κ1) is 16.6. The van der Waals surface area contributed by atoms with Crippen LogP contribution in [0.5, 0.6) is 0 Å².